The molecular weight excluding hydrogens is 347 g/mol. The fourth-order valence-corrected chi connectivity index (χ4v) is 4.26. The number of hydrogen-bond donors (Lipinski definition) is 1. The van der Waals surface area contributed by atoms with Crippen molar-refractivity contribution >= 4 is 17.5 Å². The highest BCUT2D eigenvalue weighted by molar-refractivity contribution is 5.92. The molecule has 2 amide bonds. The number of hydrogen-bond acceptors (Lipinski definition) is 3. The summed E-state index contributed by atoms with van der Waals surface area (Å²) < 4.78 is 19.3. The van der Waals surface area contributed by atoms with Crippen LogP contribution >= 0.6 is 0 Å². The molecule has 1 N–H and O–H groups in total. The first-order chi connectivity index (χ1) is 13.0. The molecule has 0 radical (unpaired) electrons. The number of likely N-dealkylation sites (tertiary alicyclic amines) is 1. The SMILES string of the molecule is CCC(CC)C(=O)N1CC[C@H]2CC(=O)Nc3cc(F)ccc3OCC[C@H]2C1. The molecule has 1 aromatic rings. The van der Waals surface area contributed by atoms with Crippen molar-refractivity contribution in [2.45, 2.75) is 46.0 Å². The van der Waals surface area contributed by atoms with Gasteiger partial charge in [0.05, 0.1) is 12.3 Å². The second-order valence-corrected chi connectivity index (χ2v) is 7.64. The Labute approximate surface area is 160 Å². The molecule has 3 rings (SSSR count). The van der Waals surface area contributed by atoms with Crippen molar-refractivity contribution in [1.82, 2.24) is 4.90 Å². The largest absolute Gasteiger partial charge is 0.491 e. The topological polar surface area (TPSA) is 58.6 Å². The fourth-order valence-electron chi connectivity index (χ4n) is 4.26. The zero-order valence-corrected chi connectivity index (χ0v) is 16.2. The predicted octanol–water partition coefficient (Wildman–Crippen LogP) is 3.84. The number of piperidine rings is 1. The van der Waals surface area contributed by atoms with Crippen molar-refractivity contribution in [3.8, 4) is 5.75 Å². The summed E-state index contributed by atoms with van der Waals surface area (Å²) in [6.45, 7) is 5.99. The molecule has 1 saturated heterocycles. The first kappa shape index (κ1) is 19.6. The minimum atomic E-state index is -0.402. The molecule has 0 bridgehead atoms. The van der Waals surface area contributed by atoms with E-state index >= 15 is 0 Å². The molecule has 0 aromatic heterocycles. The van der Waals surface area contributed by atoms with Crippen molar-refractivity contribution < 1.29 is 18.7 Å². The van der Waals surface area contributed by atoms with Gasteiger partial charge >= 0.3 is 0 Å². The third kappa shape index (κ3) is 4.60. The molecule has 0 unspecified atom stereocenters. The number of carbonyl (C=O) groups excluding carboxylic acids is 2. The van der Waals surface area contributed by atoms with Crippen molar-refractivity contribution in [2.75, 3.05) is 25.0 Å². The van der Waals surface area contributed by atoms with Gasteiger partial charge in [-0.25, -0.2) is 4.39 Å². The minimum Gasteiger partial charge on any atom is -0.491 e. The van der Waals surface area contributed by atoms with Crippen molar-refractivity contribution in [1.29, 1.82) is 0 Å². The summed E-state index contributed by atoms with van der Waals surface area (Å²) in [6, 6.07) is 4.17. The summed E-state index contributed by atoms with van der Waals surface area (Å²) in [5, 5.41) is 2.79. The highest BCUT2D eigenvalue weighted by atomic mass is 19.1. The Kier molecular flexibility index (Phi) is 6.34. The fraction of sp³-hybridized carbons (Fsp3) is 0.619. The van der Waals surface area contributed by atoms with E-state index in [0.29, 0.717) is 37.6 Å². The van der Waals surface area contributed by atoms with Crippen LogP contribution in [-0.2, 0) is 9.59 Å². The van der Waals surface area contributed by atoms with Crippen LogP contribution in [0.2, 0.25) is 0 Å². The van der Waals surface area contributed by atoms with Crippen molar-refractivity contribution in [2.24, 2.45) is 17.8 Å². The van der Waals surface area contributed by atoms with E-state index in [-0.39, 0.29) is 29.6 Å². The molecule has 0 saturated carbocycles. The molecule has 1 aromatic carbocycles. The maximum Gasteiger partial charge on any atom is 0.225 e. The number of benzene rings is 1. The lowest BCUT2D eigenvalue weighted by Gasteiger charge is -2.40. The zero-order valence-electron chi connectivity index (χ0n) is 16.2. The van der Waals surface area contributed by atoms with E-state index in [0.717, 1.165) is 25.7 Å². The van der Waals surface area contributed by atoms with Gasteiger partial charge in [-0.3, -0.25) is 9.59 Å². The Bertz CT molecular complexity index is 690. The van der Waals surface area contributed by atoms with Crippen LogP contribution in [0.15, 0.2) is 18.2 Å². The summed E-state index contributed by atoms with van der Waals surface area (Å²) >= 11 is 0. The lowest BCUT2D eigenvalue weighted by atomic mass is 9.80. The van der Waals surface area contributed by atoms with Gasteiger partial charge in [0.15, 0.2) is 0 Å². The number of halogens is 1. The molecule has 5 nitrogen and oxygen atoms in total. The standard InChI is InChI=1S/C21H29FN2O3/c1-3-14(4-2)21(26)24-9-7-15-11-20(25)23-18-12-17(22)5-6-19(18)27-10-8-16(15)13-24/h5-6,12,14-16H,3-4,7-11,13H2,1-2H3,(H,23,25)/t15-,16-/m0/s1. The third-order valence-electron chi connectivity index (χ3n) is 5.95. The van der Waals surface area contributed by atoms with Gasteiger partial charge in [0.1, 0.15) is 11.6 Å². The van der Waals surface area contributed by atoms with Gasteiger partial charge in [-0.05, 0) is 49.7 Å². The summed E-state index contributed by atoms with van der Waals surface area (Å²) in [5.74, 6) is 0.746. The molecule has 2 aliphatic heterocycles. The normalized spacial score (nSPS) is 23.1. The van der Waals surface area contributed by atoms with E-state index in [1.807, 2.05) is 4.90 Å². The van der Waals surface area contributed by atoms with Crippen LogP contribution in [0.4, 0.5) is 10.1 Å². The second kappa shape index (κ2) is 8.72. The molecule has 0 spiro atoms. The van der Waals surface area contributed by atoms with E-state index < -0.39 is 5.82 Å². The lowest BCUT2D eigenvalue weighted by Crippen LogP contribution is -2.47. The Morgan fingerprint density at radius 2 is 2.07 bits per heavy atom. The second-order valence-electron chi connectivity index (χ2n) is 7.64. The summed E-state index contributed by atoms with van der Waals surface area (Å²) in [6.07, 6.45) is 3.71. The van der Waals surface area contributed by atoms with Gasteiger partial charge in [0.25, 0.3) is 0 Å². The summed E-state index contributed by atoms with van der Waals surface area (Å²) in [4.78, 5) is 27.2. The number of nitrogens with zero attached hydrogens (tertiary/aromatic N) is 1. The molecule has 1 fully saturated rings. The van der Waals surface area contributed by atoms with Crippen molar-refractivity contribution in [3.05, 3.63) is 24.0 Å². The maximum atomic E-state index is 13.5. The van der Waals surface area contributed by atoms with Gasteiger partial charge in [-0.2, -0.15) is 0 Å². The Morgan fingerprint density at radius 3 is 2.81 bits per heavy atom. The average Bonchev–Trinajstić information content (AvgIpc) is 2.65. The first-order valence-corrected chi connectivity index (χ1v) is 10.0. The Morgan fingerprint density at radius 1 is 1.30 bits per heavy atom. The average molecular weight is 376 g/mol. The van der Waals surface area contributed by atoms with Crippen LogP contribution in [-0.4, -0.2) is 36.4 Å². The summed E-state index contributed by atoms with van der Waals surface area (Å²) in [5.41, 5.74) is 0.389. The minimum absolute atomic E-state index is 0.0856. The van der Waals surface area contributed by atoms with E-state index in [2.05, 4.69) is 19.2 Å². The highest BCUT2D eigenvalue weighted by Gasteiger charge is 2.34. The van der Waals surface area contributed by atoms with Gasteiger partial charge < -0.3 is 15.0 Å². The van der Waals surface area contributed by atoms with Crippen molar-refractivity contribution in [3.63, 3.8) is 0 Å². The molecular formula is C21H29FN2O3. The van der Waals surface area contributed by atoms with E-state index in [9.17, 15) is 14.0 Å². The maximum absolute atomic E-state index is 13.5. The monoisotopic (exact) mass is 376 g/mol. The third-order valence-corrected chi connectivity index (χ3v) is 5.95. The molecule has 0 aliphatic carbocycles. The van der Waals surface area contributed by atoms with E-state index in [4.69, 9.17) is 4.74 Å². The molecule has 148 valence electrons. The predicted molar refractivity (Wildman–Crippen MR) is 102 cm³/mol. The van der Waals surface area contributed by atoms with Gasteiger partial charge in [-0.15, -0.1) is 0 Å². The number of anilines is 1. The Hall–Kier alpha value is -2.11. The molecule has 2 atom stereocenters. The van der Waals surface area contributed by atoms with Gasteiger partial charge in [-0.1, -0.05) is 13.8 Å². The van der Waals surface area contributed by atoms with Crippen LogP contribution in [0.3, 0.4) is 0 Å². The molecule has 2 aliphatic rings. The number of rotatable bonds is 3. The van der Waals surface area contributed by atoms with Crippen LogP contribution in [0.1, 0.15) is 46.0 Å². The van der Waals surface area contributed by atoms with Gasteiger partial charge in [0, 0.05) is 31.5 Å². The number of nitrogens with one attached hydrogen (secondary N) is 1. The molecule has 6 heteroatoms. The smallest absolute Gasteiger partial charge is 0.225 e. The molecule has 2 heterocycles. The van der Waals surface area contributed by atoms with E-state index in [1.54, 1.807) is 6.07 Å². The Balaban J connectivity index is 1.72. The van der Waals surface area contributed by atoms with E-state index in [1.165, 1.54) is 12.1 Å². The number of ether oxygens (including phenoxy) is 1. The summed E-state index contributed by atoms with van der Waals surface area (Å²) in [7, 11) is 0. The number of carbonyl (C=O) groups is 2. The number of fused-ring (bicyclic) bond motifs is 2. The lowest BCUT2D eigenvalue weighted by molar-refractivity contribution is -0.138. The van der Waals surface area contributed by atoms with Crippen LogP contribution in [0.25, 0.3) is 0 Å². The quantitative estimate of drug-likeness (QED) is 0.872. The zero-order chi connectivity index (χ0) is 19.4. The van der Waals surface area contributed by atoms with Crippen LogP contribution in [0.5, 0.6) is 5.75 Å². The number of amides is 2. The highest BCUT2D eigenvalue weighted by Crippen LogP contribution is 2.33. The van der Waals surface area contributed by atoms with Gasteiger partial charge in [0.2, 0.25) is 11.8 Å². The van der Waals surface area contributed by atoms with Crippen LogP contribution < -0.4 is 10.1 Å². The first-order valence-electron chi connectivity index (χ1n) is 10.0. The van der Waals surface area contributed by atoms with Crippen LogP contribution in [0, 0.1) is 23.6 Å². The molecule has 27 heavy (non-hydrogen) atoms.